The van der Waals surface area contributed by atoms with Gasteiger partial charge in [-0.2, -0.15) is 0 Å². The summed E-state index contributed by atoms with van der Waals surface area (Å²) in [6.07, 6.45) is 0.216. The van der Waals surface area contributed by atoms with Gasteiger partial charge < -0.3 is 15.1 Å². The van der Waals surface area contributed by atoms with E-state index in [0.29, 0.717) is 0 Å². The lowest BCUT2D eigenvalue weighted by Gasteiger charge is -2.31. The maximum Gasteiger partial charge on any atom is 0.326 e. The van der Waals surface area contributed by atoms with Crippen LogP contribution in [0.1, 0.15) is 26.3 Å². The highest BCUT2D eigenvalue weighted by molar-refractivity contribution is 5.82. The maximum atomic E-state index is 11.6. The molecule has 1 aromatic carbocycles. The lowest BCUT2D eigenvalue weighted by atomic mass is 10.0. The quantitative estimate of drug-likeness (QED) is 0.848. The zero-order valence-corrected chi connectivity index (χ0v) is 11.3. The predicted molar refractivity (Wildman–Crippen MR) is 70.9 cm³/mol. The standard InChI is InChI=1S/C14H19NO4/c1-9(2)15(10(3)16)13(14(18)19)8-11-4-6-12(17)7-5-11/h4-7,9,13,17H,8H2,1-3H3,(H,18,19)/t13-/m0/s1. The first kappa shape index (κ1) is 15.0. The number of hydrogen-bond donors (Lipinski definition) is 2. The molecule has 19 heavy (non-hydrogen) atoms. The number of carbonyl (C=O) groups excluding carboxylic acids is 1. The van der Waals surface area contributed by atoms with Gasteiger partial charge in [0.05, 0.1) is 0 Å². The van der Waals surface area contributed by atoms with Crippen molar-refractivity contribution in [1.82, 2.24) is 4.90 Å². The van der Waals surface area contributed by atoms with Crippen LogP contribution in [0.25, 0.3) is 0 Å². The number of carbonyl (C=O) groups is 2. The van der Waals surface area contributed by atoms with Gasteiger partial charge in [0.25, 0.3) is 0 Å². The molecule has 0 bridgehead atoms. The maximum absolute atomic E-state index is 11.6. The number of rotatable bonds is 5. The minimum Gasteiger partial charge on any atom is -0.508 e. The number of carboxylic acid groups (broad SMARTS) is 1. The van der Waals surface area contributed by atoms with Gasteiger partial charge in [-0.05, 0) is 31.5 Å². The van der Waals surface area contributed by atoms with Crippen molar-refractivity contribution in [3.8, 4) is 5.75 Å². The largest absolute Gasteiger partial charge is 0.508 e. The molecule has 0 unspecified atom stereocenters. The van der Waals surface area contributed by atoms with Crippen LogP contribution in [0.2, 0.25) is 0 Å². The summed E-state index contributed by atoms with van der Waals surface area (Å²) in [4.78, 5) is 24.3. The fourth-order valence-electron chi connectivity index (χ4n) is 2.10. The fourth-order valence-corrected chi connectivity index (χ4v) is 2.10. The van der Waals surface area contributed by atoms with Crippen molar-refractivity contribution in [2.24, 2.45) is 0 Å². The van der Waals surface area contributed by atoms with Crippen LogP contribution in [0.5, 0.6) is 5.75 Å². The Morgan fingerprint density at radius 3 is 2.11 bits per heavy atom. The van der Waals surface area contributed by atoms with Crippen molar-refractivity contribution in [2.45, 2.75) is 39.3 Å². The Labute approximate surface area is 112 Å². The Hall–Kier alpha value is -2.04. The Kier molecular flexibility index (Phi) is 4.92. The summed E-state index contributed by atoms with van der Waals surface area (Å²) >= 11 is 0. The van der Waals surface area contributed by atoms with Crippen LogP contribution < -0.4 is 0 Å². The molecule has 5 heteroatoms. The molecule has 0 aliphatic heterocycles. The molecular weight excluding hydrogens is 246 g/mol. The summed E-state index contributed by atoms with van der Waals surface area (Å²) in [6.45, 7) is 4.94. The van der Waals surface area contributed by atoms with Crippen LogP contribution in [-0.2, 0) is 16.0 Å². The van der Waals surface area contributed by atoms with E-state index in [-0.39, 0.29) is 24.1 Å². The van der Waals surface area contributed by atoms with Crippen molar-refractivity contribution in [1.29, 1.82) is 0 Å². The molecule has 0 aromatic heterocycles. The molecule has 1 rings (SSSR count). The first-order valence-corrected chi connectivity index (χ1v) is 6.12. The molecule has 0 fully saturated rings. The number of amides is 1. The Bertz CT molecular complexity index is 453. The van der Waals surface area contributed by atoms with Crippen LogP contribution in [0.15, 0.2) is 24.3 Å². The van der Waals surface area contributed by atoms with E-state index in [1.807, 2.05) is 0 Å². The fraction of sp³-hybridized carbons (Fsp3) is 0.429. The summed E-state index contributed by atoms with van der Waals surface area (Å²) in [5.74, 6) is -1.17. The van der Waals surface area contributed by atoms with Gasteiger partial charge in [-0.15, -0.1) is 0 Å². The van der Waals surface area contributed by atoms with Crippen molar-refractivity contribution in [3.05, 3.63) is 29.8 Å². The van der Waals surface area contributed by atoms with Gasteiger partial charge in [0, 0.05) is 19.4 Å². The van der Waals surface area contributed by atoms with Crippen molar-refractivity contribution in [3.63, 3.8) is 0 Å². The number of benzene rings is 1. The third kappa shape index (κ3) is 3.98. The summed E-state index contributed by atoms with van der Waals surface area (Å²) in [7, 11) is 0. The average Bonchev–Trinajstić information content (AvgIpc) is 2.29. The second-order valence-corrected chi connectivity index (χ2v) is 4.74. The molecule has 0 spiro atoms. The number of aliphatic carboxylic acids is 1. The third-order valence-electron chi connectivity index (χ3n) is 2.91. The van der Waals surface area contributed by atoms with E-state index >= 15 is 0 Å². The normalized spacial score (nSPS) is 12.2. The van der Waals surface area contributed by atoms with Gasteiger partial charge in [-0.3, -0.25) is 4.79 Å². The van der Waals surface area contributed by atoms with E-state index in [1.54, 1.807) is 26.0 Å². The van der Waals surface area contributed by atoms with E-state index in [9.17, 15) is 19.8 Å². The third-order valence-corrected chi connectivity index (χ3v) is 2.91. The van der Waals surface area contributed by atoms with Gasteiger partial charge in [0.1, 0.15) is 11.8 Å². The summed E-state index contributed by atoms with van der Waals surface area (Å²) in [5.41, 5.74) is 0.761. The van der Waals surface area contributed by atoms with E-state index in [4.69, 9.17) is 0 Å². The Morgan fingerprint density at radius 1 is 1.21 bits per heavy atom. The van der Waals surface area contributed by atoms with Gasteiger partial charge in [0.15, 0.2) is 0 Å². The number of hydrogen-bond acceptors (Lipinski definition) is 3. The number of nitrogens with zero attached hydrogens (tertiary/aromatic N) is 1. The zero-order valence-electron chi connectivity index (χ0n) is 11.3. The molecule has 1 aromatic rings. The number of carboxylic acids is 1. The Morgan fingerprint density at radius 2 is 1.74 bits per heavy atom. The highest BCUT2D eigenvalue weighted by Crippen LogP contribution is 2.16. The molecule has 0 heterocycles. The van der Waals surface area contributed by atoms with Crippen molar-refractivity contribution >= 4 is 11.9 Å². The molecule has 104 valence electrons. The highest BCUT2D eigenvalue weighted by Gasteiger charge is 2.29. The van der Waals surface area contributed by atoms with Crippen LogP contribution in [-0.4, -0.2) is 39.1 Å². The minimum absolute atomic E-state index is 0.128. The van der Waals surface area contributed by atoms with Crippen LogP contribution in [0, 0.1) is 0 Å². The minimum atomic E-state index is -1.03. The first-order valence-electron chi connectivity index (χ1n) is 6.12. The summed E-state index contributed by atoms with van der Waals surface area (Å²) in [6, 6.07) is 5.23. The van der Waals surface area contributed by atoms with E-state index < -0.39 is 12.0 Å². The predicted octanol–water partition coefficient (Wildman–Crippen LogP) is 1.64. The molecule has 2 N–H and O–H groups in total. The van der Waals surface area contributed by atoms with Gasteiger partial charge in [0.2, 0.25) is 5.91 Å². The summed E-state index contributed by atoms with van der Waals surface area (Å²) < 4.78 is 0. The van der Waals surface area contributed by atoms with Crippen LogP contribution in [0.4, 0.5) is 0 Å². The molecule has 0 saturated heterocycles. The highest BCUT2D eigenvalue weighted by atomic mass is 16.4. The molecular formula is C14H19NO4. The van der Waals surface area contributed by atoms with Gasteiger partial charge in [-0.25, -0.2) is 4.79 Å². The Balaban J connectivity index is 2.97. The topological polar surface area (TPSA) is 77.8 Å². The van der Waals surface area contributed by atoms with E-state index in [0.717, 1.165) is 5.56 Å². The zero-order chi connectivity index (χ0) is 14.6. The lowest BCUT2D eigenvalue weighted by Crippen LogP contribution is -2.49. The molecule has 0 aliphatic carbocycles. The molecule has 5 nitrogen and oxygen atoms in total. The first-order chi connectivity index (χ1) is 8.82. The molecule has 0 radical (unpaired) electrons. The average molecular weight is 265 g/mol. The van der Waals surface area contributed by atoms with Crippen LogP contribution in [0.3, 0.4) is 0 Å². The van der Waals surface area contributed by atoms with Gasteiger partial charge >= 0.3 is 5.97 Å². The van der Waals surface area contributed by atoms with Gasteiger partial charge in [-0.1, -0.05) is 12.1 Å². The smallest absolute Gasteiger partial charge is 0.326 e. The molecule has 1 atom stereocenters. The van der Waals surface area contributed by atoms with Crippen molar-refractivity contribution in [2.75, 3.05) is 0 Å². The molecule has 1 amide bonds. The summed E-state index contributed by atoms with van der Waals surface area (Å²) in [5, 5.41) is 18.5. The number of phenols is 1. The monoisotopic (exact) mass is 265 g/mol. The lowest BCUT2D eigenvalue weighted by molar-refractivity contribution is -0.151. The number of phenolic OH excluding ortho intramolecular Hbond substituents is 1. The second kappa shape index (κ2) is 6.22. The van der Waals surface area contributed by atoms with E-state index in [2.05, 4.69) is 0 Å². The second-order valence-electron chi connectivity index (χ2n) is 4.74. The number of aromatic hydroxyl groups is 1. The van der Waals surface area contributed by atoms with Crippen molar-refractivity contribution < 1.29 is 19.8 Å². The SMILES string of the molecule is CC(=O)N(C(C)C)[C@@H](Cc1ccc(O)cc1)C(=O)O. The molecule has 0 saturated carbocycles. The van der Waals surface area contributed by atoms with Crippen LogP contribution >= 0.6 is 0 Å². The van der Waals surface area contributed by atoms with E-state index in [1.165, 1.54) is 24.0 Å². The molecule has 0 aliphatic rings.